The molecule has 0 spiro atoms. The number of hydrogen-bond acceptors (Lipinski definition) is 2. The lowest BCUT2D eigenvalue weighted by Crippen LogP contribution is -2.15. The summed E-state index contributed by atoms with van der Waals surface area (Å²) in [6.07, 6.45) is 7.95. The molecule has 0 amide bonds. The molecule has 0 radical (unpaired) electrons. The van der Waals surface area contributed by atoms with Gasteiger partial charge in [-0.25, -0.2) is 0 Å². The predicted molar refractivity (Wildman–Crippen MR) is 46.9 cm³/mol. The van der Waals surface area contributed by atoms with Crippen molar-refractivity contribution in [3.8, 4) is 0 Å². The van der Waals surface area contributed by atoms with Crippen molar-refractivity contribution in [1.82, 2.24) is 0 Å². The van der Waals surface area contributed by atoms with Crippen LogP contribution in [0.25, 0.3) is 0 Å². The van der Waals surface area contributed by atoms with Crippen LogP contribution in [0.4, 0.5) is 0 Å². The first-order valence-electron chi connectivity index (χ1n) is 5.18. The number of ether oxygens (including phenoxy) is 2. The summed E-state index contributed by atoms with van der Waals surface area (Å²) in [5, 5.41) is 0. The molecule has 2 aliphatic rings. The molecule has 1 aliphatic heterocycles. The summed E-state index contributed by atoms with van der Waals surface area (Å²) < 4.78 is 11.1. The third-order valence-corrected chi connectivity index (χ3v) is 2.88. The lowest BCUT2D eigenvalue weighted by Gasteiger charge is -2.14. The van der Waals surface area contributed by atoms with E-state index in [9.17, 15) is 0 Å². The van der Waals surface area contributed by atoms with E-state index < -0.39 is 0 Å². The molecule has 0 aromatic rings. The zero-order chi connectivity index (χ0) is 8.23. The average molecular weight is 170 g/mol. The maximum Gasteiger partial charge on any atom is 0.157 e. The fraction of sp³-hybridized carbons (Fsp3) is 1.00. The second-order valence-corrected chi connectivity index (χ2v) is 3.93. The SMILES string of the molecule is C1CCC(CO[C@@H]2CCCO2)C1. The monoisotopic (exact) mass is 170 g/mol. The van der Waals surface area contributed by atoms with Crippen molar-refractivity contribution in [2.75, 3.05) is 13.2 Å². The molecule has 0 unspecified atom stereocenters. The molecular formula is C10H18O2. The molecule has 1 saturated carbocycles. The van der Waals surface area contributed by atoms with Crippen LogP contribution in [0.1, 0.15) is 38.5 Å². The normalized spacial score (nSPS) is 31.5. The molecule has 0 bridgehead atoms. The van der Waals surface area contributed by atoms with Crippen molar-refractivity contribution in [2.24, 2.45) is 5.92 Å². The summed E-state index contributed by atoms with van der Waals surface area (Å²) in [5.41, 5.74) is 0. The van der Waals surface area contributed by atoms with Crippen molar-refractivity contribution in [1.29, 1.82) is 0 Å². The minimum Gasteiger partial charge on any atom is -0.353 e. The highest BCUT2D eigenvalue weighted by atomic mass is 16.7. The largest absolute Gasteiger partial charge is 0.353 e. The van der Waals surface area contributed by atoms with Gasteiger partial charge < -0.3 is 9.47 Å². The van der Waals surface area contributed by atoms with Crippen LogP contribution >= 0.6 is 0 Å². The molecule has 70 valence electrons. The number of rotatable bonds is 3. The van der Waals surface area contributed by atoms with Crippen LogP contribution in [0.2, 0.25) is 0 Å². The Labute approximate surface area is 74.2 Å². The quantitative estimate of drug-likeness (QED) is 0.647. The Morgan fingerprint density at radius 2 is 1.92 bits per heavy atom. The summed E-state index contributed by atoms with van der Waals surface area (Å²) in [6, 6.07) is 0. The smallest absolute Gasteiger partial charge is 0.157 e. The minimum absolute atomic E-state index is 0.130. The van der Waals surface area contributed by atoms with Gasteiger partial charge in [0.2, 0.25) is 0 Å². The van der Waals surface area contributed by atoms with Crippen molar-refractivity contribution >= 4 is 0 Å². The Bertz CT molecular complexity index is 108. The lowest BCUT2D eigenvalue weighted by molar-refractivity contribution is -0.119. The third kappa shape index (κ3) is 2.20. The van der Waals surface area contributed by atoms with Gasteiger partial charge in [-0.2, -0.15) is 0 Å². The molecule has 1 heterocycles. The van der Waals surface area contributed by atoms with Gasteiger partial charge in [0.1, 0.15) is 0 Å². The molecule has 2 nitrogen and oxygen atoms in total. The van der Waals surface area contributed by atoms with E-state index in [1.807, 2.05) is 0 Å². The van der Waals surface area contributed by atoms with Crippen LogP contribution in [-0.2, 0) is 9.47 Å². The van der Waals surface area contributed by atoms with Crippen LogP contribution in [-0.4, -0.2) is 19.5 Å². The van der Waals surface area contributed by atoms with E-state index >= 15 is 0 Å². The maximum absolute atomic E-state index is 5.66. The van der Waals surface area contributed by atoms with Gasteiger partial charge in [0.15, 0.2) is 6.29 Å². The summed E-state index contributed by atoms with van der Waals surface area (Å²) in [7, 11) is 0. The van der Waals surface area contributed by atoms with Crippen molar-refractivity contribution < 1.29 is 9.47 Å². The Morgan fingerprint density at radius 1 is 1.08 bits per heavy atom. The van der Waals surface area contributed by atoms with Crippen LogP contribution in [0.15, 0.2) is 0 Å². The highest BCUT2D eigenvalue weighted by Crippen LogP contribution is 2.26. The molecular weight excluding hydrogens is 152 g/mol. The summed E-state index contributed by atoms with van der Waals surface area (Å²) in [5.74, 6) is 0.828. The zero-order valence-corrected chi connectivity index (χ0v) is 7.63. The third-order valence-electron chi connectivity index (χ3n) is 2.88. The molecule has 0 N–H and O–H groups in total. The van der Waals surface area contributed by atoms with Crippen LogP contribution < -0.4 is 0 Å². The minimum atomic E-state index is 0.130. The highest BCUT2D eigenvalue weighted by molar-refractivity contribution is 4.67. The van der Waals surface area contributed by atoms with Crippen LogP contribution in [0, 0.1) is 5.92 Å². The average Bonchev–Trinajstić information content (AvgIpc) is 2.74. The van der Waals surface area contributed by atoms with Crippen molar-refractivity contribution in [2.45, 2.75) is 44.8 Å². The van der Waals surface area contributed by atoms with Crippen molar-refractivity contribution in [3.05, 3.63) is 0 Å². The maximum atomic E-state index is 5.66. The molecule has 2 rings (SSSR count). The van der Waals surface area contributed by atoms with Gasteiger partial charge in [-0.1, -0.05) is 12.8 Å². The van der Waals surface area contributed by atoms with Gasteiger partial charge in [-0.3, -0.25) is 0 Å². The Balaban J connectivity index is 1.60. The van der Waals surface area contributed by atoms with Crippen LogP contribution in [0.5, 0.6) is 0 Å². The molecule has 0 aromatic heterocycles. The van der Waals surface area contributed by atoms with Gasteiger partial charge in [-0.05, 0) is 25.2 Å². The van der Waals surface area contributed by atoms with Gasteiger partial charge in [0.25, 0.3) is 0 Å². The first-order chi connectivity index (χ1) is 5.95. The van der Waals surface area contributed by atoms with Gasteiger partial charge in [-0.15, -0.1) is 0 Å². The molecule has 1 aliphatic carbocycles. The van der Waals surface area contributed by atoms with Gasteiger partial charge in [0.05, 0.1) is 6.61 Å². The van der Waals surface area contributed by atoms with E-state index in [0.29, 0.717) is 0 Å². The summed E-state index contributed by atoms with van der Waals surface area (Å²) in [4.78, 5) is 0. The molecule has 1 atom stereocenters. The van der Waals surface area contributed by atoms with E-state index in [0.717, 1.165) is 25.6 Å². The Morgan fingerprint density at radius 3 is 2.58 bits per heavy atom. The fourth-order valence-corrected chi connectivity index (χ4v) is 2.10. The fourth-order valence-electron chi connectivity index (χ4n) is 2.10. The topological polar surface area (TPSA) is 18.5 Å². The first kappa shape index (κ1) is 8.52. The van der Waals surface area contributed by atoms with Crippen LogP contribution in [0.3, 0.4) is 0 Å². The van der Waals surface area contributed by atoms with Gasteiger partial charge >= 0.3 is 0 Å². The van der Waals surface area contributed by atoms with Crippen molar-refractivity contribution in [3.63, 3.8) is 0 Å². The highest BCUT2D eigenvalue weighted by Gasteiger charge is 2.20. The lowest BCUT2D eigenvalue weighted by atomic mass is 10.1. The molecule has 2 fully saturated rings. The van der Waals surface area contributed by atoms with Gasteiger partial charge in [0, 0.05) is 13.0 Å². The number of hydrogen-bond donors (Lipinski definition) is 0. The first-order valence-corrected chi connectivity index (χ1v) is 5.18. The second-order valence-electron chi connectivity index (χ2n) is 3.93. The van der Waals surface area contributed by atoms with E-state index in [-0.39, 0.29) is 6.29 Å². The van der Waals surface area contributed by atoms with E-state index in [2.05, 4.69) is 0 Å². The standard InChI is InChI=1S/C10H18O2/c1-2-5-9(4-1)8-12-10-6-3-7-11-10/h9-10H,1-8H2/t10-/m1/s1. The molecule has 0 aromatic carbocycles. The van der Waals surface area contributed by atoms with E-state index in [1.54, 1.807) is 0 Å². The predicted octanol–water partition coefficient (Wildman–Crippen LogP) is 2.33. The summed E-state index contributed by atoms with van der Waals surface area (Å²) >= 11 is 0. The second kappa shape index (κ2) is 4.24. The van der Waals surface area contributed by atoms with E-state index in [1.165, 1.54) is 32.1 Å². The summed E-state index contributed by atoms with van der Waals surface area (Å²) in [6.45, 7) is 1.83. The Kier molecular flexibility index (Phi) is 3.01. The molecule has 1 saturated heterocycles. The molecule has 2 heteroatoms. The Hall–Kier alpha value is -0.0800. The van der Waals surface area contributed by atoms with E-state index in [4.69, 9.17) is 9.47 Å². The zero-order valence-electron chi connectivity index (χ0n) is 7.63. The molecule has 12 heavy (non-hydrogen) atoms.